The first-order valence-electron chi connectivity index (χ1n) is 3.98. The molecule has 14 heavy (non-hydrogen) atoms. The summed E-state index contributed by atoms with van der Waals surface area (Å²) < 4.78 is 26.8. The lowest BCUT2D eigenvalue weighted by atomic mass is 10.2. The van der Waals surface area contributed by atoms with Crippen molar-refractivity contribution >= 4 is 10.1 Å². The van der Waals surface area contributed by atoms with Crippen LogP contribution in [0.1, 0.15) is 5.56 Å². The zero-order valence-corrected chi connectivity index (χ0v) is 8.33. The molecule has 0 amide bonds. The van der Waals surface area contributed by atoms with E-state index in [9.17, 15) is 8.42 Å². The average Bonchev–Trinajstić information content (AvgIpc) is 2.17. The lowest BCUT2D eigenvalue weighted by Gasteiger charge is -2.02. The Balaban J connectivity index is 2.55. The summed E-state index contributed by atoms with van der Waals surface area (Å²) in [6.45, 7) is 0.0326. The van der Waals surface area contributed by atoms with E-state index in [1.807, 2.05) is 24.1 Å². The minimum absolute atomic E-state index is 0.0326. The van der Waals surface area contributed by atoms with Crippen molar-refractivity contribution in [2.24, 2.45) is 0 Å². The molecule has 0 aliphatic carbocycles. The molecule has 0 spiro atoms. The van der Waals surface area contributed by atoms with Crippen molar-refractivity contribution < 1.29 is 12.6 Å². The summed E-state index contributed by atoms with van der Waals surface area (Å²) in [5, 5.41) is 0. The Bertz CT molecular complexity index is 414. The van der Waals surface area contributed by atoms with Gasteiger partial charge in [0.05, 0.1) is 6.61 Å². The third kappa shape index (κ3) is 3.60. The largest absolute Gasteiger partial charge is 0.279 e. The lowest BCUT2D eigenvalue weighted by Crippen LogP contribution is -2.08. The van der Waals surface area contributed by atoms with Gasteiger partial charge in [0.15, 0.2) is 0 Å². The Morgan fingerprint density at radius 1 is 1.29 bits per heavy atom. The minimum Gasteiger partial charge on any atom is -0.265 e. The summed E-state index contributed by atoms with van der Waals surface area (Å²) in [6, 6.07) is 9.04. The number of benzene rings is 1. The topological polar surface area (TPSA) is 43.4 Å². The third-order valence-electron chi connectivity index (χ3n) is 1.51. The third-order valence-corrected chi connectivity index (χ3v) is 2.51. The Kier molecular flexibility index (Phi) is 3.69. The van der Waals surface area contributed by atoms with Gasteiger partial charge in [0.1, 0.15) is 5.75 Å². The quantitative estimate of drug-likeness (QED) is 0.553. The predicted octanol–water partition coefficient (Wildman–Crippen LogP) is 1.17. The van der Waals surface area contributed by atoms with Gasteiger partial charge in [-0.15, -0.1) is 6.42 Å². The van der Waals surface area contributed by atoms with Crippen molar-refractivity contribution in [2.45, 2.75) is 6.61 Å². The van der Waals surface area contributed by atoms with Crippen LogP contribution in [0.15, 0.2) is 30.3 Å². The van der Waals surface area contributed by atoms with E-state index >= 15 is 0 Å². The van der Waals surface area contributed by atoms with E-state index in [-0.39, 0.29) is 12.4 Å². The van der Waals surface area contributed by atoms with Gasteiger partial charge >= 0.3 is 0 Å². The van der Waals surface area contributed by atoms with E-state index in [2.05, 4.69) is 4.18 Å². The van der Waals surface area contributed by atoms with Gasteiger partial charge in [-0.1, -0.05) is 36.3 Å². The minimum atomic E-state index is -3.57. The van der Waals surface area contributed by atoms with Crippen LogP contribution in [0, 0.1) is 12.3 Å². The van der Waals surface area contributed by atoms with E-state index in [1.165, 1.54) is 0 Å². The molecule has 1 aromatic carbocycles. The van der Waals surface area contributed by atoms with Crippen LogP contribution < -0.4 is 0 Å². The Hall–Kier alpha value is -1.31. The number of hydrogen-bond acceptors (Lipinski definition) is 3. The van der Waals surface area contributed by atoms with Crippen LogP contribution in [0.5, 0.6) is 0 Å². The fraction of sp³-hybridized carbons (Fsp3) is 0.200. The van der Waals surface area contributed by atoms with Crippen LogP contribution in [0.2, 0.25) is 0 Å². The normalized spacial score (nSPS) is 10.8. The molecule has 0 saturated heterocycles. The number of hydrogen-bond donors (Lipinski definition) is 0. The average molecular weight is 210 g/mol. The summed E-state index contributed by atoms with van der Waals surface area (Å²) in [4.78, 5) is 0. The van der Waals surface area contributed by atoms with Gasteiger partial charge in [0.25, 0.3) is 10.1 Å². The smallest absolute Gasteiger partial charge is 0.265 e. The molecule has 0 aromatic heterocycles. The molecule has 0 atom stereocenters. The molecule has 0 aliphatic rings. The first-order valence-corrected chi connectivity index (χ1v) is 5.56. The standard InChI is InChI=1S/C10H10O3S/c1-2-8-14(11,12)13-9-10-6-4-3-5-7-10/h1,3-7H,8-9H2. The zero-order valence-electron chi connectivity index (χ0n) is 7.51. The van der Waals surface area contributed by atoms with Crippen LogP contribution in [0.4, 0.5) is 0 Å². The van der Waals surface area contributed by atoms with Crippen LogP contribution in [-0.2, 0) is 20.9 Å². The van der Waals surface area contributed by atoms with Crippen molar-refractivity contribution in [1.29, 1.82) is 0 Å². The highest BCUT2D eigenvalue weighted by Gasteiger charge is 2.08. The van der Waals surface area contributed by atoms with Gasteiger partial charge in [-0.25, -0.2) is 0 Å². The van der Waals surface area contributed by atoms with E-state index < -0.39 is 10.1 Å². The second-order valence-corrected chi connectivity index (χ2v) is 4.29. The van der Waals surface area contributed by atoms with Gasteiger partial charge in [-0.05, 0) is 5.56 Å². The molecule has 0 N–H and O–H groups in total. The fourth-order valence-electron chi connectivity index (χ4n) is 0.876. The maximum atomic E-state index is 11.0. The van der Waals surface area contributed by atoms with Gasteiger partial charge < -0.3 is 0 Å². The van der Waals surface area contributed by atoms with Crippen molar-refractivity contribution in [1.82, 2.24) is 0 Å². The number of terminal acetylenes is 1. The van der Waals surface area contributed by atoms with Crippen LogP contribution in [-0.4, -0.2) is 14.2 Å². The molecule has 0 radical (unpaired) electrons. The molecule has 0 unspecified atom stereocenters. The highest BCUT2D eigenvalue weighted by Crippen LogP contribution is 2.03. The molecule has 0 fully saturated rings. The highest BCUT2D eigenvalue weighted by molar-refractivity contribution is 7.86. The molecule has 0 aliphatic heterocycles. The van der Waals surface area contributed by atoms with Gasteiger partial charge in [-0.3, -0.25) is 4.18 Å². The summed E-state index contributed by atoms with van der Waals surface area (Å²) in [6.07, 6.45) is 4.87. The van der Waals surface area contributed by atoms with Gasteiger partial charge in [0, 0.05) is 0 Å². The Morgan fingerprint density at radius 2 is 1.93 bits per heavy atom. The second-order valence-electron chi connectivity index (χ2n) is 2.65. The Labute approximate surface area is 83.8 Å². The SMILES string of the molecule is C#CCS(=O)(=O)OCc1ccccc1. The van der Waals surface area contributed by atoms with Crippen LogP contribution in [0.3, 0.4) is 0 Å². The predicted molar refractivity (Wildman–Crippen MR) is 53.9 cm³/mol. The maximum Gasteiger partial charge on any atom is 0.279 e. The molecule has 4 heteroatoms. The van der Waals surface area contributed by atoms with Gasteiger partial charge in [-0.2, -0.15) is 8.42 Å². The van der Waals surface area contributed by atoms with E-state index in [4.69, 9.17) is 6.42 Å². The summed E-state index contributed by atoms with van der Waals surface area (Å²) in [5.74, 6) is 1.64. The second kappa shape index (κ2) is 4.80. The summed E-state index contributed by atoms with van der Waals surface area (Å²) in [5.41, 5.74) is 0.799. The molecular formula is C10H10O3S. The van der Waals surface area contributed by atoms with E-state index in [0.29, 0.717) is 0 Å². The molecule has 74 valence electrons. The molecule has 0 saturated carbocycles. The molecule has 0 bridgehead atoms. The van der Waals surface area contributed by atoms with E-state index in [0.717, 1.165) is 5.56 Å². The monoisotopic (exact) mass is 210 g/mol. The maximum absolute atomic E-state index is 11.0. The van der Waals surface area contributed by atoms with Crippen molar-refractivity contribution in [2.75, 3.05) is 5.75 Å². The number of rotatable bonds is 4. The van der Waals surface area contributed by atoms with Crippen molar-refractivity contribution in [3.8, 4) is 12.3 Å². The lowest BCUT2D eigenvalue weighted by molar-refractivity contribution is 0.310. The van der Waals surface area contributed by atoms with Gasteiger partial charge in [0.2, 0.25) is 0 Å². The summed E-state index contributed by atoms with van der Waals surface area (Å²) in [7, 11) is -3.57. The first kappa shape index (κ1) is 10.8. The molecule has 1 aromatic rings. The molecule has 3 nitrogen and oxygen atoms in total. The first-order chi connectivity index (χ1) is 6.64. The highest BCUT2D eigenvalue weighted by atomic mass is 32.2. The molecule has 0 heterocycles. The summed E-state index contributed by atoms with van der Waals surface area (Å²) >= 11 is 0. The van der Waals surface area contributed by atoms with E-state index in [1.54, 1.807) is 12.1 Å². The van der Waals surface area contributed by atoms with Crippen molar-refractivity contribution in [3.63, 3.8) is 0 Å². The van der Waals surface area contributed by atoms with Crippen molar-refractivity contribution in [3.05, 3.63) is 35.9 Å². The molecular weight excluding hydrogens is 200 g/mol. The zero-order chi connectivity index (χ0) is 10.4. The molecule has 1 rings (SSSR count). The fourth-order valence-corrected chi connectivity index (χ4v) is 1.48. The van der Waals surface area contributed by atoms with Crippen LogP contribution in [0.25, 0.3) is 0 Å². The Morgan fingerprint density at radius 3 is 2.50 bits per heavy atom. The van der Waals surface area contributed by atoms with Crippen LogP contribution >= 0.6 is 0 Å².